The molecule has 0 saturated carbocycles. The maximum absolute atomic E-state index is 13.4. The highest BCUT2D eigenvalue weighted by atomic mass is 19.1. The van der Waals surface area contributed by atoms with E-state index in [9.17, 15) is 9.50 Å². The molecule has 0 saturated heterocycles. The van der Waals surface area contributed by atoms with E-state index in [-0.39, 0.29) is 18.5 Å². The predicted octanol–water partition coefficient (Wildman–Crippen LogP) is 3.33. The Balaban J connectivity index is 1.81. The first-order valence-corrected chi connectivity index (χ1v) is 9.61. The largest absolute Gasteiger partial charge is 0.389 e. The van der Waals surface area contributed by atoms with E-state index in [1.165, 1.54) is 6.07 Å². The number of nitrogens with one attached hydrogen (secondary N) is 2. The minimum absolute atomic E-state index is 0.0838. The Morgan fingerprint density at radius 1 is 1.18 bits per heavy atom. The minimum atomic E-state index is -0.664. The summed E-state index contributed by atoms with van der Waals surface area (Å²) in [6.07, 6.45) is -0.748. The topological polar surface area (TPSA) is 65.9 Å². The molecule has 2 aromatic rings. The summed E-state index contributed by atoms with van der Waals surface area (Å²) in [6.45, 7) is 7.33. The van der Waals surface area contributed by atoms with Gasteiger partial charge in [-0.1, -0.05) is 42.5 Å². The fraction of sp³-hybridized carbons (Fsp3) is 0.409. The van der Waals surface area contributed by atoms with Gasteiger partial charge in [0.05, 0.1) is 25.4 Å². The number of hydrogen-bond acceptors (Lipinski definition) is 3. The Hall–Kier alpha value is -2.44. The molecule has 0 amide bonds. The number of nitrogens with zero attached hydrogens (tertiary/aromatic N) is 1. The molecule has 0 aliphatic carbocycles. The van der Waals surface area contributed by atoms with Crippen molar-refractivity contribution >= 4 is 5.96 Å². The Morgan fingerprint density at radius 2 is 1.93 bits per heavy atom. The van der Waals surface area contributed by atoms with Crippen LogP contribution < -0.4 is 10.6 Å². The zero-order valence-corrected chi connectivity index (χ0v) is 16.8. The lowest BCUT2D eigenvalue weighted by Crippen LogP contribution is -2.42. The number of hydrogen-bond donors (Lipinski definition) is 3. The molecule has 0 aliphatic rings. The van der Waals surface area contributed by atoms with Crippen LogP contribution in [0, 0.1) is 12.7 Å². The normalized spacial score (nSPS) is 13.8. The summed E-state index contributed by atoms with van der Waals surface area (Å²) >= 11 is 0. The Kier molecular flexibility index (Phi) is 8.91. The van der Waals surface area contributed by atoms with Crippen molar-refractivity contribution in [1.29, 1.82) is 0 Å². The second kappa shape index (κ2) is 11.4. The van der Waals surface area contributed by atoms with Gasteiger partial charge in [-0.25, -0.2) is 9.38 Å². The van der Waals surface area contributed by atoms with Gasteiger partial charge in [0.2, 0.25) is 0 Å². The van der Waals surface area contributed by atoms with Gasteiger partial charge in [-0.3, -0.25) is 0 Å². The second-order valence-corrected chi connectivity index (χ2v) is 6.70. The maximum Gasteiger partial charge on any atom is 0.191 e. The molecular formula is C22H30FN3O2. The fourth-order valence-corrected chi connectivity index (χ4v) is 2.67. The first-order valence-electron chi connectivity index (χ1n) is 9.61. The van der Waals surface area contributed by atoms with Crippen LogP contribution in [0.2, 0.25) is 0 Å². The standard InChI is InChI=1S/C22H30FN3O2/c1-4-24-22(25-13-18-10-11-21(23)16(2)12-18)26-14-20(27)15-28-17(3)19-8-6-5-7-9-19/h5-12,17,20,27H,4,13-15H2,1-3H3,(H2,24,25,26). The minimum Gasteiger partial charge on any atom is -0.389 e. The lowest BCUT2D eigenvalue weighted by atomic mass is 10.1. The Bertz CT molecular complexity index is 753. The molecule has 0 fully saturated rings. The number of aliphatic hydroxyl groups is 1. The molecule has 3 N–H and O–H groups in total. The molecule has 0 bridgehead atoms. The Labute approximate surface area is 166 Å². The van der Waals surface area contributed by atoms with Crippen LogP contribution in [-0.2, 0) is 11.3 Å². The van der Waals surface area contributed by atoms with Gasteiger partial charge in [-0.15, -0.1) is 0 Å². The van der Waals surface area contributed by atoms with E-state index < -0.39 is 6.10 Å². The van der Waals surface area contributed by atoms with Crippen LogP contribution in [0.1, 0.15) is 36.6 Å². The number of guanidine groups is 1. The third-order valence-electron chi connectivity index (χ3n) is 4.30. The summed E-state index contributed by atoms with van der Waals surface area (Å²) in [6, 6.07) is 14.9. The lowest BCUT2D eigenvalue weighted by Gasteiger charge is -2.18. The molecule has 0 spiro atoms. The SMILES string of the molecule is CCNC(=NCc1ccc(F)c(C)c1)NCC(O)COC(C)c1ccccc1. The van der Waals surface area contributed by atoms with Gasteiger partial charge in [0.1, 0.15) is 5.82 Å². The van der Waals surface area contributed by atoms with E-state index in [2.05, 4.69) is 15.6 Å². The van der Waals surface area contributed by atoms with Crippen LogP contribution in [0.5, 0.6) is 0 Å². The number of aryl methyl sites for hydroxylation is 1. The summed E-state index contributed by atoms with van der Waals surface area (Å²) in [5.41, 5.74) is 2.61. The van der Waals surface area contributed by atoms with Crippen molar-refractivity contribution in [2.45, 2.75) is 39.5 Å². The van der Waals surface area contributed by atoms with E-state index >= 15 is 0 Å². The molecule has 5 nitrogen and oxygen atoms in total. The van der Waals surface area contributed by atoms with Crippen LogP contribution in [0.3, 0.4) is 0 Å². The van der Waals surface area contributed by atoms with Crippen molar-refractivity contribution in [2.75, 3.05) is 19.7 Å². The monoisotopic (exact) mass is 387 g/mol. The predicted molar refractivity (Wildman–Crippen MR) is 111 cm³/mol. The molecular weight excluding hydrogens is 357 g/mol. The van der Waals surface area contributed by atoms with Gasteiger partial charge < -0.3 is 20.5 Å². The molecule has 152 valence electrons. The second-order valence-electron chi connectivity index (χ2n) is 6.70. The zero-order chi connectivity index (χ0) is 20.4. The van der Waals surface area contributed by atoms with Crippen LogP contribution in [-0.4, -0.2) is 36.9 Å². The van der Waals surface area contributed by atoms with Crippen LogP contribution >= 0.6 is 0 Å². The molecule has 0 aromatic heterocycles. The molecule has 0 heterocycles. The van der Waals surface area contributed by atoms with Crippen molar-refractivity contribution in [3.8, 4) is 0 Å². The van der Waals surface area contributed by atoms with Crippen LogP contribution in [0.15, 0.2) is 53.5 Å². The first kappa shape index (κ1) is 21.9. The Morgan fingerprint density at radius 3 is 2.61 bits per heavy atom. The van der Waals surface area contributed by atoms with Crippen LogP contribution in [0.4, 0.5) is 4.39 Å². The highest BCUT2D eigenvalue weighted by Crippen LogP contribution is 2.15. The maximum atomic E-state index is 13.4. The van der Waals surface area contributed by atoms with Gasteiger partial charge in [0, 0.05) is 13.1 Å². The average molecular weight is 387 g/mol. The van der Waals surface area contributed by atoms with E-state index in [1.807, 2.05) is 44.2 Å². The van der Waals surface area contributed by atoms with Crippen molar-refractivity contribution in [3.05, 3.63) is 71.0 Å². The molecule has 2 aromatic carbocycles. The number of ether oxygens (including phenoxy) is 1. The smallest absolute Gasteiger partial charge is 0.191 e. The number of aliphatic imine (C=N–C) groups is 1. The van der Waals surface area contributed by atoms with Gasteiger partial charge >= 0.3 is 0 Å². The summed E-state index contributed by atoms with van der Waals surface area (Å²) in [5.74, 6) is 0.380. The summed E-state index contributed by atoms with van der Waals surface area (Å²) < 4.78 is 19.1. The van der Waals surface area contributed by atoms with Crippen molar-refractivity contribution in [2.24, 2.45) is 4.99 Å². The third-order valence-corrected chi connectivity index (χ3v) is 4.30. The van der Waals surface area contributed by atoms with E-state index in [1.54, 1.807) is 19.1 Å². The molecule has 6 heteroatoms. The van der Waals surface area contributed by atoms with Gasteiger partial charge in [0.25, 0.3) is 0 Å². The number of benzene rings is 2. The van der Waals surface area contributed by atoms with E-state index in [0.29, 0.717) is 31.2 Å². The van der Waals surface area contributed by atoms with Gasteiger partial charge in [-0.2, -0.15) is 0 Å². The lowest BCUT2D eigenvalue weighted by molar-refractivity contribution is -0.000599. The summed E-state index contributed by atoms with van der Waals surface area (Å²) in [4.78, 5) is 4.49. The molecule has 28 heavy (non-hydrogen) atoms. The fourth-order valence-electron chi connectivity index (χ4n) is 2.67. The molecule has 2 atom stereocenters. The molecule has 0 aliphatic heterocycles. The number of halogens is 1. The average Bonchev–Trinajstić information content (AvgIpc) is 2.71. The van der Waals surface area contributed by atoms with Crippen molar-refractivity contribution in [1.82, 2.24) is 10.6 Å². The third kappa shape index (κ3) is 7.29. The summed E-state index contributed by atoms with van der Waals surface area (Å²) in [5, 5.41) is 16.5. The van der Waals surface area contributed by atoms with Crippen LogP contribution in [0.25, 0.3) is 0 Å². The van der Waals surface area contributed by atoms with E-state index in [4.69, 9.17) is 4.74 Å². The van der Waals surface area contributed by atoms with Crippen molar-refractivity contribution in [3.63, 3.8) is 0 Å². The van der Waals surface area contributed by atoms with Crippen molar-refractivity contribution < 1.29 is 14.2 Å². The van der Waals surface area contributed by atoms with Gasteiger partial charge in [-0.05, 0) is 43.5 Å². The molecule has 2 rings (SSSR count). The molecule has 0 radical (unpaired) electrons. The quantitative estimate of drug-likeness (QED) is 0.456. The summed E-state index contributed by atoms with van der Waals surface area (Å²) in [7, 11) is 0. The first-order chi connectivity index (χ1) is 13.5. The number of aliphatic hydroxyl groups excluding tert-OH is 1. The number of rotatable bonds is 9. The van der Waals surface area contributed by atoms with E-state index in [0.717, 1.165) is 11.1 Å². The highest BCUT2D eigenvalue weighted by Gasteiger charge is 2.10. The molecule has 2 unspecified atom stereocenters. The van der Waals surface area contributed by atoms with Gasteiger partial charge in [0.15, 0.2) is 5.96 Å². The zero-order valence-electron chi connectivity index (χ0n) is 16.8. The highest BCUT2D eigenvalue weighted by molar-refractivity contribution is 5.79.